The zero-order chi connectivity index (χ0) is 14.9. The maximum Gasteiger partial charge on any atom is 0.169 e. The van der Waals surface area contributed by atoms with Gasteiger partial charge in [-0.3, -0.25) is 4.79 Å². The Kier molecular flexibility index (Phi) is 4.32. The molecule has 1 aliphatic carbocycles. The van der Waals surface area contributed by atoms with Crippen molar-refractivity contribution in [2.75, 3.05) is 6.61 Å². The lowest BCUT2D eigenvalue weighted by Crippen LogP contribution is -2.43. The Bertz CT molecular complexity index is 532. The highest BCUT2D eigenvalue weighted by atomic mass is 35.5. The van der Waals surface area contributed by atoms with E-state index in [1.165, 1.54) is 24.6 Å². The molecule has 0 radical (unpaired) electrons. The van der Waals surface area contributed by atoms with E-state index in [-0.39, 0.29) is 22.9 Å². The molecule has 1 aromatic carbocycles. The normalized spacial score (nSPS) is 25.0. The van der Waals surface area contributed by atoms with Gasteiger partial charge in [-0.2, -0.15) is 0 Å². The van der Waals surface area contributed by atoms with E-state index in [4.69, 9.17) is 16.3 Å². The maximum atomic E-state index is 13.9. The van der Waals surface area contributed by atoms with Crippen LogP contribution in [0.4, 0.5) is 4.39 Å². The first kappa shape index (κ1) is 15.0. The Balaban J connectivity index is 1.79. The minimum atomic E-state index is -0.478. The molecule has 21 heavy (non-hydrogen) atoms. The fourth-order valence-corrected chi connectivity index (χ4v) is 3.87. The summed E-state index contributed by atoms with van der Waals surface area (Å²) >= 11 is 5.90. The molecule has 1 aromatic rings. The Morgan fingerprint density at radius 2 is 2.05 bits per heavy atom. The van der Waals surface area contributed by atoms with Crippen LogP contribution >= 0.6 is 11.6 Å². The number of ether oxygens (including phenoxy) is 1. The summed E-state index contributed by atoms with van der Waals surface area (Å²) in [6.07, 6.45) is 7.00. The molecular formula is C17H20ClFO2. The number of hydrogen-bond donors (Lipinski definition) is 0. The molecule has 0 N–H and O–H groups in total. The van der Waals surface area contributed by atoms with E-state index in [9.17, 15) is 9.18 Å². The molecule has 4 heteroatoms. The molecule has 114 valence electrons. The average molecular weight is 311 g/mol. The Hall–Kier alpha value is -0.930. The van der Waals surface area contributed by atoms with Gasteiger partial charge in [0, 0.05) is 17.5 Å². The van der Waals surface area contributed by atoms with Crippen molar-refractivity contribution < 1.29 is 13.9 Å². The molecule has 1 heterocycles. The summed E-state index contributed by atoms with van der Waals surface area (Å²) in [6, 6.07) is 4.19. The van der Waals surface area contributed by atoms with Crippen molar-refractivity contribution in [3.8, 4) is 0 Å². The highest BCUT2D eigenvalue weighted by Crippen LogP contribution is 2.41. The molecule has 2 aliphatic rings. The van der Waals surface area contributed by atoms with Gasteiger partial charge in [0.25, 0.3) is 0 Å². The molecule has 1 saturated carbocycles. The summed E-state index contributed by atoms with van der Waals surface area (Å²) in [6.45, 7) is 0.596. The summed E-state index contributed by atoms with van der Waals surface area (Å²) in [4.78, 5) is 12.6. The van der Waals surface area contributed by atoms with Gasteiger partial charge >= 0.3 is 0 Å². The van der Waals surface area contributed by atoms with E-state index in [0.717, 1.165) is 32.1 Å². The van der Waals surface area contributed by atoms with Crippen LogP contribution in [-0.4, -0.2) is 18.0 Å². The number of halogens is 2. The molecule has 3 rings (SSSR count). The molecule has 1 spiro atoms. The number of benzene rings is 1. The summed E-state index contributed by atoms with van der Waals surface area (Å²) in [5.41, 5.74) is -0.0216. The van der Waals surface area contributed by atoms with Gasteiger partial charge in [0.05, 0.1) is 11.2 Å². The first-order valence-corrected chi connectivity index (χ1v) is 8.11. The van der Waals surface area contributed by atoms with Crippen molar-refractivity contribution in [1.29, 1.82) is 0 Å². The summed E-state index contributed by atoms with van der Waals surface area (Å²) in [7, 11) is 0. The predicted octanol–water partition coefficient (Wildman–Crippen LogP) is 4.79. The van der Waals surface area contributed by atoms with E-state index in [0.29, 0.717) is 18.1 Å². The van der Waals surface area contributed by atoms with Gasteiger partial charge in [-0.05, 0) is 43.9 Å². The van der Waals surface area contributed by atoms with Gasteiger partial charge in [0.2, 0.25) is 0 Å². The van der Waals surface area contributed by atoms with Crippen molar-refractivity contribution in [2.24, 2.45) is 5.92 Å². The second-order valence-corrected chi connectivity index (χ2v) is 6.71. The number of rotatable bonds is 2. The smallest absolute Gasteiger partial charge is 0.169 e. The maximum absolute atomic E-state index is 13.9. The van der Waals surface area contributed by atoms with E-state index in [2.05, 4.69) is 0 Å². The van der Waals surface area contributed by atoms with Crippen molar-refractivity contribution >= 4 is 17.4 Å². The highest BCUT2D eigenvalue weighted by Gasteiger charge is 2.41. The minimum absolute atomic E-state index is 0.122. The van der Waals surface area contributed by atoms with Crippen LogP contribution in [0, 0.1) is 11.7 Å². The van der Waals surface area contributed by atoms with Gasteiger partial charge in [0.1, 0.15) is 5.82 Å². The second kappa shape index (κ2) is 6.05. The number of ketones is 1. The van der Waals surface area contributed by atoms with Crippen LogP contribution < -0.4 is 0 Å². The third kappa shape index (κ3) is 3.14. The number of carbonyl (C=O) groups excluding carboxylic acids is 1. The second-order valence-electron chi connectivity index (χ2n) is 6.27. The Labute approximate surface area is 129 Å². The number of Topliss-reactive ketones (excluding diaryl/α,β-unsaturated/α-hetero) is 1. The van der Waals surface area contributed by atoms with E-state index in [1.807, 2.05) is 0 Å². The molecule has 0 aromatic heterocycles. The van der Waals surface area contributed by atoms with Gasteiger partial charge in [-0.1, -0.05) is 30.9 Å². The first-order chi connectivity index (χ1) is 10.1. The van der Waals surface area contributed by atoms with Gasteiger partial charge in [-0.25, -0.2) is 4.39 Å². The monoisotopic (exact) mass is 310 g/mol. The molecule has 1 atom stereocenters. The van der Waals surface area contributed by atoms with Crippen molar-refractivity contribution in [2.45, 2.75) is 50.5 Å². The largest absolute Gasteiger partial charge is 0.375 e. The van der Waals surface area contributed by atoms with Gasteiger partial charge < -0.3 is 4.74 Å². The minimum Gasteiger partial charge on any atom is -0.375 e. The molecule has 2 fully saturated rings. The molecule has 1 saturated heterocycles. The van der Waals surface area contributed by atoms with Crippen LogP contribution in [0.5, 0.6) is 0 Å². The molecule has 1 aliphatic heterocycles. The topological polar surface area (TPSA) is 26.3 Å². The highest BCUT2D eigenvalue weighted by molar-refractivity contribution is 6.31. The van der Waals surface area contributed by atoms with E-state index >= 15 is 0 Å². The molecule has 0 bridgehead atoms. The van der Waals surface area contributed by atoms with Crippen molar-refractivity contribution in [1.82, 2.24) is 0 Å². The van der Waals surface area contributed by atoms with Crippen LogP contribution in [0.25, 0.3) is 0 Å². The standard InChI is InChI=1S/C17H20ClFO2/c18-13-4-5-15(19)14(10-13)16(20)12-6-9-21-17(11-12)7-2-1-3-8-17/h4-5,10,12H,1-3,6-9,11H2. The van der Waals surface area contributed by atoms with Crippen LogP contribution in [0.15, 0.2) is 18.2 Å². The van der Waals surface area contributed by atoms with Crippen LogP contribution in [0.3, 0.4) is 0 Å². The lowest BCUT2D eigenvalue weighted by Gasteiger charge is -2.43. The fourth-order valence-electron chi connectivity index (χ4n) is 3.70. The van der Waals surface area contributed by atoms with Crippen LogP contribution in [0.1, 0.15) is 55.3 Å². The van der Waals surface area contributed by atoms with E-state index in [1.54, 1.807) is 0 Å². The zero-order valence-corrected chi connectivity index (χ0v) is 12.8. The molecule has 0 amide bonds. The molecule has 1 unspecified atom stereocenters. The Morgan fingerprint density at radius 3 is 2.81 bits per heavy atom. The van der Waals surface area contributed by atoms with Crippen molar-refractivity contribution in [3.63, 3.8) is 0 Å². The van der Waals surface area contributed by atoms with Gasteiger partial charge in [0.15, 0.2) is 5.78 Å². The van der Waals surface area contributed by atoms with E-state index < -0.39 is 5.82 Å². The third-order valence-electron chi connectivity index (χ3n) is 4.82. The average Bonchev–Trinajstić information content (AvgIpc) is 2.50. The molecule has 2 nitrogen and oxygen atoms in total. The zero-order valence-electron chi connectivity index (χ0n) is 12.0. The SMILES string of the molecule is O=C(c1cc(Cl)ccc1F)C1CCOC2(CCCCC2)C1. The lowest BCUT2D eigenvalue weighted by molar-refractivity contribution is -0.111. The van der Waals surface area contributed by atoms with Gasteiger partial charge in [-0.15, -0.1) is 0 Å². The Morgan fingerprint density at radius 1 is 1.29 bits per heavy atom. The molecular weight excluding hydrogens is 291 g/mol. The third-order valence-corrected chi connectivity index (χ3v) is 5.06. The summed E-state index contributed by atoms with van der Waals surface area (Å²) in [5.74, 6) is -0.748. The first-order valence-electron chi connectivity index (χ1n) is 7.73. The lowest BCUT2D eigenvalue weighted by atomic mass is 9.74. The predicted molar refractivity (Wildman–Crippen MR) is 80.2 cm³/mol. The quantitative estimate of drug-likeness (QED) is 0.734. The van der Waals surface area contributed by atoms with Crippen LogP contribution in [0.2, 0.25) is 5.02 Å². The van der Waals surface area contributed by atoms with Crippen molar-refractivity contribution in [3.05, 3.63) is 34.6 Å². The number of carbonyl (C=O) groups is 1. The number of hydrogen-bond acceptors (Lipinski definition) is 2. The van der Waals surface area contributed by atoms with Crippen LogP contribution in [-0.2, 0) is 4.74 Å². The fraction of sp³-hybridized carbons (Fsp3) is 0.588. The summed E-state index contributed by atoms with van der Waals surface area (Å²) < 4.78 is 19.9. The summed E-state index contributed by atoms with van der Waals surface area (Å²) in [5, 5.41) is 0.402.